The molecule has 1 heterocycles. The summed E-state index contributed by atoms with van der Waals surface area (Å²) < 4.78 is 5.25. The van der Waals surface area contributed by atoms with Crippen molar-refractivity contribution in [2.45, 2.75) is 19.9 Å². The number of nitrogens with zero attached hydrogens (tertiary/aromatic N) is 1. The van der Waals surface area contributed by atoms with Crippen molar-refractivity contribution in [3.8, 4) is 0 Å². The van der Waals surface area contributed by atoms with E-state index in [1.165, 1.54) is 0 Å². The van der Waals surface area contributed by atoms with E-state index in [2.05, 4.69) is 5.32 Å². The van der Waals surface area contributed by atoms with Gasteiger partial charge in [-0.3, -0.25) is 9.59 Å². The Morgan fingerprint density at radius 3 is 2.52 bits per heavy atom. The molecule has 128 valence electrons. The number of rotatable bonds is 4. The smallest absolute Gasteiger partial charge is 0.254 e. The average molecular weight is 342 g/mol. The highest BCUT2D eigenvalue weighted by atomic mass is 35.5. The molecule has 3 N–H and O–H groups in total. The van der Waals surface area contributed by atoms with Crippen LogP contribution in [0.3, 0.4) is 0 Å². The largest absolute Gasteiger partial charge is 0.378 e. The van der Waals surface area contributed by atoms with Gasteiger partial charge in [-0.05, 0) is 25.1 Å². The predicted octanol–water partition coefficient (Wildman–Crippen LogP) is 1.50. The minimum atomic E-state index is -0.293. The number of hydrogen-bond donors (Lipinski definition) is 2. The highest BCUT2D eigenvalue weighted by molar-refractivity contribution is 5.97. The van der Waals surface area contributed by atoms with Gasteiger partial charge in [-0.2, -0.15) is 0 Å². The third-order valence-electron chi connectivity index (χ3n) is 3.88. The van der Waals surface area contributed by atoms with Crippen LogP contribution in [0.1, 0.15) is 24.2 Å². The number of morpholine rings is 1. The van der Waals surface area contributed by atoms with Gasteiger partial charge in [-0.1, -0.05) is 13.0 Å². The number of halogens is 1. The minimum Gasteiger partial charge on any atom is -0.378 e. The third-order valence-corrected chi connectivity index (χ3v) is 3.88. The second-order valence-electron chi connectivity index (χ2n) is 5.62. The maximum atomic E-state index is 12.4. The molecule has 23 heavy (non-hydrogen) atoms. The Morgan fingerprint density at radius 2 is 1.91 bits per heavy atom. The first kappa shape index (κ1) is 19.4. The summed E-state index contributed by atoms with van der Waals surface area (Å²) in [5.74, 6) is -0.482. The summed E-state index contributed by atoms with van der Waals surface area (Å²) in [7, 11) is 0. The molecule has 0 bridgehead atoms. The normalized spacial score (nSPS) is 16.9. The maximum absolute atomic E-state index is 12.4. The Labute approximate surface area is 142 Å². The van der Waals surface area contributed by atoms with E-state index in [-0.39, 0.29) is 36.2 Å². The maximum Gasteiger partial charge on any atom is 0.254 e. The molecule has 1 aromatic rings. The lowest BCUT2D eigenvalue weighted by Gasteiger charge is -2.27. The Bertz CT molecular complexity index is 545. The Hall–Kier alpha value is -1.63. The minimum absolute atomic E-state index is 0. The van der Waals surface area contributed by atoms with Crippen LogP contribution in [0.4, 0.5) is 5.69 Å². The zero-order chi connectivity index (χ0) is 16.1. The number of carbonyl (C=O) groups is 2. The van der Waals surface area contributed by atoms with Crippen LogP contribution in [0.25, 0.3) is 0 Å². The number of amides is 2. The lowest BCUT2D eigenvalue weighted by molar-refractivity contribution is -0.119. The molecule has 1 aromatic carbocycles. The van der Waals surface area contributed by atoms with Crippen LogP contribution >= 0.6 is 12.4 Å². The molecule has 2 rings (SSSR count). The van der Waals surface area contributed by atoms with Crippen molar-refractivity contribution in [3.05, 3.63) is 29.8 Å². The number of hydrogen-bond acceptors (Lipinski definition) is 4. The van der Waals surface area contributed by atoms with Gasteiger partial charge in [0.15, 0.2) is 0 Å². The lowest BCUT2D eigenvalue weighted by Crippen LogP contribution is -2.40. The lowest BCUT2D eigenvalue weighted by atomic mass is 10.0. The van der Waals surface area contributed by atoms with Crippen molar-refractivity contribution in [3.63, 3.8) is 0 Å². The highest BCUT2D eigenvalue weighted by Crippen LogP contribution is 2.15. The number of carbonyl (C=O) groups excluding carboxylic acids is 2. The van der Waals surface area contributed by atoms with Crippen LogP contribution in [0, 0.1) is 5.92 Å². The Balaban J connectivity index is 0.00000264. The average Bonchev–Trinajstić information content (AvgIpc) is 2.54. The van der Waals surface area contributed by atoms with Gasteiger partial charge in [0.1, 0.15) is 0 Å². The highest BCUT2D eigenvalue weighted by Gasteiger charge is 2.20. The third kappa shape index (κ3) is 5.20. The molecule has 7 heteroatoms. The van der Waals surface area contributed by atoms with Crippen molar-refractivity contribution in [1.29, 1.82) is 0 Å². The van der Waals surface area contributed by atoms with Gasteiger partial charge in [-0.25, -0.2) is 0 Å². The van der Waals surface area contributed by atoms with Crippen LogP contribution in [0.2, 0.25) is 0 Å². The summed E-state index contributed by atoms with van der Waals surface area (Å²) in [4.78, 5) is 26.2. The molecule has 1 fully saturated rings. The van der Waals surface area contributed by atoms with Crippen LogP contribution in [-0.4, -0.2) is 49.1 Å². The predicted molar refractivity (Wildman–Crippen MR) is 91.9 cm³/mol. The van der Waals surface area contributed by atoms with Gasteiger partial charge in [0, 0.05) is 30.4 Å². The van der Waals surface area contributed by atoms with E-state index in [1.54, 1.807) is 43.0 Å². The monoisotopic (exact) mass is 341 g/mol. The van der Waals surface area contributed by atoms with Crippen LogP contribution in [0.5, 0.6) is 0 Å². The standard InChI is InChI=1S/C16H23N3O3.ClH/c1-11(12(2)17)15(20)18-14-5-3-4-13(10-14)16(21)19-6-8-22-9-7-19;/h3-5,10-12H,6-9,17H2,1-2H3,(H,18,20);1H. The summed E-state index contributed by atoms with van der Waals surface area (Å²) >= 11 is 0. The number of benzene rings is 1. The zero-order valence-electron chi connectivity index (χ0n) is 13.5. The van der Waals surface area contributed by atoms with Crippen molar-refractivity contribution >= 4 is 29.9 Å². The van der Waals surface area contributed by atoms with Gasteiger partial charge in [0.05, 0.1) is 19.1 Å². The topological polar surface area (TPSA) is 84.7 Å². The van der Waals surface area contributed by atoms with Gasteiger partial charge in [0.25, 0.3) is 5.91 Å². The number of nitrogens with two attached hydrogens (primary N) is 1. The summed E-state index contributed by atoms with van der Waals surface area (Å²) in [5, 5.41) is 2.81. The molecular weight excluding hydrogens is 318 g/mol. The van der Waals surface area contributed by atoms with Gasteiger partial charge >= 0.3 is 0 Å². The molecule has 0 spiro atoms. The van der Waals surface area contributed by atoms with E-state index < -0.39 is 0 Å². The van der Waals surface area contributed by atoms with Gasteiger partial charge in [-0.15, -0.1) is 12.4 Å². The van der Waals surface area contributed by atoms with Crippen molar-refractivity contribution in [2.75, 3.05) is 31.6 Å². The van der Waals surface area contributed by atoms with Gasteiger partial charge in [0.2, 0.25) is 5.91 Å². The van der Waals surface area contributed by atoms with Crippen molar-refractivity contribution in [1.82, 2.24) is 4.90 Å². The van der Waals surface area contributed by atoms with Crippen LogP contribution in [-0.2, 0) is 9.53 Å². The summed E-state index contributed by atoms with van der Waals surface area (Å²) in [6, 6.07) is 6.76. The fraction of sp³-hybridized carbons (Fsp3) is 0.500. The second kappa shape index (κ2) is 8.86. The molecule has 6 nitrogen and oxygen atoms in total. The van der Waals surface area contributed by atoms with E-state index in [1.807, 2.05) is 0 Å². The van der Waals surface area contributed by atoms with Crippen molar-refractivity contribution in [2.24, 2.45) is 11.7 Å². The molecular formula is C16H24ClN3O3. The first-order valence-corrected chi connectivity index (χ1v) is 7.52. The first-order valence-electron chi connectivity index (χ1n) is 7.52. The van der Waals surface area contributed by atoms with E-state index in [0.717, 1.165) is 0 Å². The fourth-order valence-corrected chi connectivity index (χ4v) is 2.17. The molecule has 2 amide bonds. The molecule has 2 atom stereocenters. The Kier molecular flexibility index (Phi) is 7.48. The molecule has 1 saturated heterocycles. The summed E-state index contributed by atoms with van der Waals surface area (Å²) in [6.45, 7) is 5.89. The molecule has 0 aromatic heterocycles. The van der Waals surface area contributed by atoms with E-state index in [4.69, 9.17) is 10.5 Å². The van der Waals surface area contributed by atoms with Crippen LogP contribution in [0.15, 0.2) is 24.3 Å². The van der Waals surface area contributed by atoms with E-state index >= 15 is 0 Å². The van der Waals surface area contributed by atoms with E-state index in [9.17, 15) is 9.59 Å². The molecule has 0 aliphatic carbocycles. The quantitative estimate of drug-likeness (QED) is 0.869. The summed E-state index contributed by atoms with van der Waals surface area (Å²) in [5.41, 5.74) is 6.90. The molecule has 2 unspecified atom stereocenters. The molecule has 1 aliphatic heterocycles. The fourth-order valence-electron chi connectivity index (χ4n) is 2.17. The van der Waals surface area contributed by atoms with E-state index in [0.29, 0.717) is 37.6 Å². The first-order chi connectivity index (χ1) is 10.5. The molecule has 0 radical (unpaired) electrons. The van der Waals surface area contributed by atoms with Crippen molar-refractivity contribution < 1.29 is 14.3 Å². The van der Waals surface area contributed by atoms with Gasteiger partial charge < -0.3 is 20.7 Å². The number of nitrogens with one attached hydrogen (secondary N) is 1. The number of anilines is 1. The van der Waals surface area contributed by atoms with Crippen LogP contribution < -0.4 is 11.1 Å². The summed E-state index contributed by atoms with van der Waals surface area (Å²) in [6.07, 6.45) is 0. The Morgan fingerprint density at radius 1 is 1.26 bits per heavy atom. The molecule has 0 saturated carbocycles. The second-order valence-corrected chi connectivity index (χ2v) is 5.62. The molecule has 1 aliphatic rings. The zero-order valence-corrected chi connectivity index (χ0v) is 14.3. The SMILES string of the molecule is CC(N)C(C)C(=O)Nc1cccc(C(=O)N2CCOCC2)c1.Cl. The number of ether oxygens (including phenoxy) is 1.